The molecule has 3 nitrogen and oxygen atoms in total. The molecule has 3 heteroatoms. The normalized spacial score (nSPS) is 15.6. The smallest absolute Gasteiger partial charge is 0.312 e. The van der Waals surface area contributed by atoms with Gasteiger partial charge in [0.25, 0.3) is 0 Å². The molecule has 0 fully saturated rings. The highest BCUT2D eigenvalue weighted by atomic mass is 16.4. The van der Waals surface area contributed by atoms with Crippen LogP contribution >= 0.6 is 0 Å². The fraction of sp³-hybridized carbons (Fsp3) is 0.800. The lowest BCUT2D eigenvalue weighted by Gasteiger charge is -2.17. The second-order valence-electron chi connectivity index (χ2n) is 4.22. The Labute approximate surface area is 79.9 Å². The molecular weight excluding hydrogens is 166 g/mol. The van der Waals surface area contributed by atoms with Gasteiger partial charge in [-0.15, -0.1) is 0 Å². The van der Waals surface area contributed by atoms with E-state index in [1.54, 1.807) is 6.92 Å². The summed E-state index contributed by atoms with van der Waals surface area (Å²) < 4.78 is 0. The number of nitrogens with zero attached hydrogens (tertiary/aromatic N) is 1. The number of carbonyl (C=O) groups is 1. The molecule has 0 rings (SSSR count). The van der Waals surface area contributed by atoms with Gasteiger partial charge in [0.1, 0.15) is 0 Å². The summed E-state index contributed by atoms with van der Waals surface area (Å²) in [6.07, 6.45) is 0.598. The average Bonchev–Trinajstić information content (AvgIpc) is 1.82. The van der Waals surface area contributed by atoms with Crippen LogP contribution < -0.4 is 0 Å². The molecule has 0 aromatic rings. The number of hydrogen-bond acceptors (Lipinski definition) is 2. The van der Waals surface area contributed by atoms with Gasteiger partial charge >= 0.3 is 5.97 Å². The molecular formula is C10H19NO2. The van der Waals surface area contributed by atoms with Crippen molar-refractivity contribution in [1.29, 1.82) is 0 Å². The summed E-state index contributed by atoms with van der Waals surface area (Å²) in [5, 5.41) is 8.86. The van der Waals surface area contributed by atoms with E-state index in [9.17, 15) is 4.79 Å². The van der Waals surface area contributed by atoms with Crippen molar-refractivity contribution in [2.75, 3.05) is 0 Å². The zero-order valence-electron chi connectivity index (χ0n) is 9.09. The van der Waals surface area contributed by atoms with Crippen LogP contribution in [0.4, 0.5) is 0 Å². The van der Waals surface area contributed by atoms with Gasteiger partial charge in [-0.2, -0.15) is 0 Å². The Balaban J connectivity index is 4.64. The van der Waals surface area contributed by atoms with E-state index in [-0.39, 0.29) is 5.54 Å². The lowest BCUT2D eigenvalue weighted by molar-refractivity contribution is -0.139. The monoisotopic (exact) mass is 185 g/mol. The molecule has 76 valence electrons. The van der Waals surface area contributed by atoms with Crippen LogP contribution in [0.3, 0.4) is 0 Å². The Kier molecular flexibility index (Phi) is 4.11. The van der Waals surface area contributed by atoms with Crippen molar-refractivity contribution in [3.05, 3.63) is 0 Å². The van der Waals surface area contributed by atoms with Crippen molar-refractivity contribution >= 4 is 11.7 Å². The van der Waals surface area contributed by atoms with E-state index in [0.717, 1.165) is 0 Å². The summed E-state index contributed by atoms with van der Waals surface area (Å²) in [4.78, 5) is 15.1. The highest BCUT2D eigenvalue weighted by molar-refractivity contribution is 6.00. The van der Waals surface area contributed by atoms with Crippen molar-refractivity contribution < 1.29 is 9.90 Å². The Morgan fingerprint density at radius 3 is 2.15 bits per heavy atom. The standard InChI is InChI=1S/C10H19NO2/c1-6-8(9(12)13)7(2)11-10(3,4)5/h8H,6H2,1-5H3,(H,12,13). The molecule has 0 aromatic carbocycles. The fourth-order valence-electron chi connectivity index (χ4n) is 1.26. The molecule has 0 aliphatic heterocycles. The fourth-order valence-corrected chi connectivity index (χ4v) is 1.26. The molecule has 1 unspecified atom stereocenters. The first-order valence-corrected chi connectivity index (χ1v) is 4.57. The zero-order valence-corrected chi connectivity index (χ0v) is 9.09. The van der Waals surface area contributed by atoms with Gasteiger partial charge in [0.05, 0.1) is 11.5 Å². The Bertz CT molecular complexity index is 213. The second kappa shape index (κ2) is 4.40. The quantitative estimate of drug-likeness (QED) is 0.686. The van der Waals surface area contributed by atoms with E-state index < -0.39 is 11.9 Å². The van der Waals surface area contributed by atoms with Crippen molar-refractivity contribution in [1.82, 2.24) is 0 Å². The molecule has 0 aromatic heterocycles. The van der Waals surface area contributed by atoms with Crippen LogP contribution in [0.2, 0.25) is 0 Å². The molecule has 0 saturated carbocycles. The topological polar surface area (TPSA) is 49.7 Å². The Morgan fingerprint density at radius 1 is 1.46 bits per heavy atom. The van der Waals surface area contributed by atoms with E-state index in [1.165, 1.54) is 0 Å². The van der Waals surface area contributed by atoms with Gasteiger partial charge in [-0.05, 0) is 34.1 Å². The summed E-state index contributed by atoms with van der Waals surface area (Å²) >= 11 is 0. The average molecular weight is 185 g/mol. The van der Waals surface area contributed by atoms with Crippen molar-refractivity contribution in [3.63, 3.8) is 0 Å². The van der Waals surface area contributed by atoms with Gasteiger partial charge in [0.2, 0.25) is 0 Å². The van der Waals surface area contributed by atoms with Gasteiger partial charge in [-0.25, -0.2) is 0 Å². The van der Waals surface area contributed by atoms with Gasteiger partial charge in [-0.1, -0.05) is 6.92 Å². The predicted octanol–water partition coefficient (Wildman–Crippen LogP) is 2.36. The first-order valence-electron chi connectivity index (χ1n) is 4.57. The van der Waals surface area contributed by atoms with Crippen LogP contribution in [-0.4, -0.2) is 22.3 Å². The van der Waals surface area contributed by atoms with Gasteiger partial charge in [-0.3, -0.25) is 9.79 Å². The number of carboxylic acids is 1. The van der Waals surface area contributed by atoms with Crippen LogP contribution in [0.15, 0.2) is 4.99 Å². The van der Waals surface area contributed by atoms with Crippen molar-refractivity contribution in [3.8, 4) is 0 Å². The van der Waals surface area contributed by atoms with E-state index >= 15 is 0 Å². The largest absolute Gasteiger partial charge is 0.481 e. The third-order valence-corrected chi connectivity index (χ3v) is 1.72. The van der Waals surface area contributed by atoms with Crippen molar-refractivity contribution in [2.45, 2.75) is 46.6 Å². The van der Waals surface area contributed by atoms with E-state index in [1.807, 2.05) is 27.7 Å². The first-order chi connectivity index (χ1) is 5.78. The SMILES string of the molecule is CCC(C(=O)O)C(C)=NC(C)(C)C. The summed E-state index contributed by atoms with van der Waals surface area (Å²) in [7, 11) is 0. The number of aliphatic imine (C=N–C) groups is 1. The summed E-state index contributed by atoms with van der Waals surface area (Å²) in [5.74, 6) is -1.22. The van der Waals surface area contributed by atoms with Gasteiger partial charge in [0, 0.05) is 5.71 Å². The molecule has 1 atom stereocenters. The molecule has 0 aliphatic carbocycles. The summed E-state index contributed by atoms with van der Waals surface area (Å²) in [6, 6.07) is 0. The molecule has 1 N–H and O–H groups in total. The number of rotatable bonds is 3. The minimum Gasteiger partial charge on any atom is -0.481 e. The highest BCUT2D eigenvalue weighted by Gasteiger charge is 2.20. The van der Waals surface area contributed by atoms with Crippen LogP contribution in [0.25, 0.3) is 0 Å². The van der Waals surface area contributed by atoms with Crippen LogP contribution in [0.5, 0.6) is 0 Å². The highest BCUT2D eigenvalue weighted by Crippen LogP contribution is 2.12. The maximum atomic E-state index is 10.8. The van der Waals surface area contributed by atoms with Crippen LogP contribution in [-0.2, 0) is 4.79 Å². The number of hydrogen-bond donors (Lipinski definition) is 1. The van der Waals surface area contributed by atoms with E-state index in [0.29, 0.717) is 12.1 Å². The van der Waals surface area contributed by atoms with E-state index in [2.05, 4.69) is 4.99 Å². The third kappa shape index (κ3) is 4.65. The molecule has 0 aliphatic rings. The van der Waals surface area contributed by atoms with Crippen LogP contribution in [0.1, 0.15) is 41.0 Å². The lowest BCUT2D eigenvalue weighted by atomic mass is 10.0. The Morgan fingerprint density at radius 2 is 1.92 bits per heavy atom. The zero-order chi connectivity index (χ0) is 10.6. The molecule has 13 heavy (non-hydrogen) atoms. The van der Waals surface area contributed by atoms with Gasteiger partial charge < -0.3 is 5.11 Å². The molecule has 0 amide bonds. The van der Waals surface area contributed by atoms with Crippen LogP contribution in [0, 0.1) is 5.92 Å². The number of aliphatic carboxylic acids is 1. The number of carboxylic acid groups (broad SMARTS) is 1. The molecule has 0 saturated heterocycles. The molecule has 0 radical (unpaired) electrons. The summed E-state index contributed by atoms with van der Waals surface area (Å²) in [5.41, 5.74) is 0.523. The maximum Gasteiger partial charge on any atom is 0.312 e. The molecule has 0 bridgehead atoms. The van der Waals surface area contributed by atoms with E-state index in [4.69, 9.17) is 5.11 Å². The molecule has 0 heterocycles. The predicted molar refractivity (Wildman–Crippen MR) is 54.3 cm³/mol. The Hall–Kier alpha value is -0.860. The first kappa shape index (κ1) is 12.1. The van der Waals surface area contributed by atoms with Gasteiger partial charge in [0.15, 0.2) is 0 Å². The van der Waals surface area contributed by atoms with Crippen molar-refractivity contribution in [2.24, 2.45) is 10.9 Å². The third-order valence-electron chi connectivity index (χ3n) is 1.72. The lowest BCUT2D eigenvalue weighted by Crippen LogP contribution is -2.24. The minimum absolute atomic E-state index is 0.188. The maximum absolute atomic E-state index is 10.8. The summed E-state index contributed by atoms with van der Waals surface area (Å²) in [6.45, 7) is 9.54. The second-order valence-corrected chi connectivity index (χ2v) is 4.22. The minimum atomic E-state index is -0.784. The molecule has 0 spiro atoms.